The van der Waals surface area contributed by atoms with Crippen molar-refractivity contribution in [1.82, 2.24) is 10.2 Å². The molecule has 0 radical (unpaired) electrons. The first-order valence-electron chi connectivity index (χ1n) is 5.37. The van der Waals surface area contributed by atoms with Gasteiger partial charge in [-0.15, -0.1) is 0 Å². The van der Waals surface area contributed by atoms with Crippen LogP contribution in [0.1, 0.15) is 12.5 Å². The summed E-state index contributed by atoms with van der Waals surface area (Å²) in [4.78, 5) is 24.3. The Morgan fingerprint density at radius 2 is 1.95 bits per heavy atom. The van der Waals surface area contributed by atoms with Crippen molar-refractivity contribution in [1.29, 1.82) is 5.26 Å². The number of rotatable bonds is 2. The number of hydrogen-bond donors (Lipinski definition) is 1. The van der Waals surface area contributed by atoms with Gasteiger partial charge >= 0.3 is 6.03 Å². The van der Waals surface area contributed by atoms with Gasteiger partial charge in [0.05, 0.1) is 11.6 Å². The van der Waals surface area contributed by atoms with Crippen LogP contribution in [-0.2, 0) is 10.3 Å². The predicted octanol–water partition coefficient (Wildman–Crippen LogP) is 1.26. The summed E-state index contributed by atoms with van der Waals surface area (Å²) in [7, 11) is 0. The van der Waals surface area contributed by atoms with Crippen LogP contribution in [0.25, 0.3) is 0 Å². The van der Waals surface area contributed by atoms with Crippen LogP contribution < -0.4 is 5.32 Å². The number of carbonyl (C=O) groups excluding carboxylic acids is 2. The Kier molecular flexibility index (Phi) is 2.94. The molecule has 1 atom stereocenters. The van der Waals surface area contributed by atoms with Crippen LogP contribution in [0, 0.1) is 23.0 Å². The molecule has 1 aliphatic heterocycles. The second-order valence-electron chi connectivity index (χ2n) is 4.20. The zero-order valence-corrected chi connectivity index (χ0v) is 9.91. The molecule has 0 saturated carbocycles. The lowest BCUT2D eigenvalue weighted by Crippen LogP contribution is -2.42. The van der Waals surface area contributed by atoms with E-state index in [2.05, 4.69) is 5.32 Å². The average Bonchev–Trinajstić information content (AvgIpc) is 2.54. The second-order valence-corrected chi connectivity index (χ2v) is 4.20. The van der Waals surface area contributed by atoms with Gasteiger partial charge in [-0.1, -0.05) is 6.07 Å². The highest BCUT2D eigenvalue weighted by molar-refractivity contribution is 6.07. The van der Waals surface area contributed by atoms with Crippen LogP contribution >= 0.6 is 0 Å². The Bertz CT molecular complexity index is 591. The van der Waals surface area contributed by atoms with Crippen molar-refractivity contribution >= 4 is 11.9 Å². The minimum atomic E-state index is -1.84. The number of urea groups is 1. The maximum Gasteiger partial charge on any atom is 0.326 e. The maximum absolute atomic E-state index is 13.7. The van der Waals surface area contributed by atoms with Crippen molar-refractivity contribution in [2.24, 2.45) is 0 Å². The number of nitrogens with one attached hydrogen (secondary N) is 1. The smallest absolute Gasteiger partial charge is 0.319 e. The number of nitrogens with zero attached hydrogens (tertiary/aromatic N) is 2. The molecule has 1 heterocycles. The Labute approximate surface area is 107 Å². The van der Waals surface area contributed by atoms with E-state index in [0.29, 0.717) is 4.90 Å². The number of halogens is 2. The molecule has 3 amide bonds. The van der Waals surface area contributed by atoms with Crippen LogP contribution in [0.4, 0.5) is 13.6 Å². The highest BCUT2D eigenvalue weighted by atomic mass is 19.1. The fourth-order valence-electron chi connectivity index (χ4n) is 2.06. The summed E-state index contributed by atoms with van der Waals surface area (Å²) in [6.07, 6.45) is 0. The van der Waals surface area contributed by atoms with Crippen LogP contribution in [0.3, 0.4) is 0 Å². The molecular formula is C12H9F2N3O2. The van der Waals surface area contributed by atoms with E-state index in [-0.39, 0.29) is 0 Å². The van der Waals surface area contributed by atoms with Crippen molar-refractivity contribution in [2.45, 2.75) is 12.5 Å². The normalized spacial score (nSPS) is 22.3. The molecule has 2 rings (SSSR count). The van der Waals surface area contributed by atoms with Gasteiger partial charge in [0.15, 0.2) is 0 Å². The summed E-state index contributed by atoms with van der Waals surface area (Å²) >= 11 is 0. The van der Waals surface area contributed by atoms with Crippen molar-refractivity contribution in [3.8, 4) is 6.07 Å². The van der Waals surface area contributed by atoms with Crippen molar-refractivity contribution in [3.63, 3.8) is 0 Å². The highest BCUT2D eigenvalue weighted by Crippen LogP contribution is 2.32. The van der Waals surface area contributed by atoms with E-state index >= 15 is 0 Å². The van der Waals surface area contributed by atoms with Crippen molar-refractivity contribution in [3.05, 3.63) is 35.4 Å². The maximum atomic E-state index is 13.7. The first-order valence-corrected chi connectivity index (χ1v) is 5.37. The van der Waals surface area contributed by atoms with E-state index in [1.165, 1.54) is 6.92 Å². The Morgan fingerprint density at radius 3 is 2.47 bits per heavy atom. The predicted molar refractivity (Wildman–Crippen MR) is 59.6 cm³/mol. The van der Waals surface area contributed by atoms with Crippen LogP contribution in [0.2, 0.25) is 0 Å². The summed E-state index contributed by atoms with van der Waals surface area (Å²) in [5.74, 6) is -2.73. The molecule has 0 aromatic heterocycles. The molecule has 0 unspecified atom stereocenters. The van der Waals surface area contributed by atoms with Gasteiger partial charge in [-0.05, 0) is 19.1 Å². The van der Waals surface area contributed by atoms with E-state index in [9.17, 15) is 18.4 Å². The number of amides is 3. The molecule has 98 valence electrons. The molecule has 19 heavy (non-hydrogen) atoms. The summed E-state index contributed by atoms with van der Waals surface area (Å²) in [5, 5.41) is 10.8. The van der Waals surface area contributed by atoms with E-state index in [1.54, 1.807) is 6.07 Å². The summed E-state index contributed by atoms with van der Waals surface area (Å²) in [6.45, 7) is 0.725. The fourth-order valence-corrected chi connectivity index (χ4v) is 2.06. The van der Waals surface area contributed by atoms with E-state index in [4.69, 9.17) is 5.26 Å². The number of nitriles is 1. The van der Waals surface area contributed by atoms with E-state index < -0.39 is 41.2 Å². The minimum absolute atomic E-state index is 0.476. The molecule has 0 spiro atoms. The Balaban J connectivity index is 2.54. The van der Waals surface area contributed by atoms with Crippen molar-refractivity contribution < 1.29 is 18.4 Å². The third-order valence-corrected chi connectivity index (χ3v) is 2.97. The number of carbonyl (C=O) groups is 2. The molecule has 1 fully saturated rings. The fraction of sp³-hybridized carbons (Fsp3) is 0.250. The lowest BCUT2D eigenvalue weighted by atomic mass is 9.91. The summed E-state index contributed by atoms with van der Waals surface area (Å²) in [5.41, 5.74) is -2.38. The molecule has 7 heteroatoms. The third-order valence-electron chi connectivity index (χ3n) is 2.97. The van der Waals surface area contributed by atoms with Crippen molar-refractivity contribution in [2.75, 3.05) is 6.54 Å². The molecule has 5 nitrogen and oxygen atoms in total. The topological polar surface area (TPSA) is 73.2 Å². The van der Waals surface area contributed by atoms with Crippen LogP contribution in [0.5, 0.6) is 0 Å². The highest BCUT2D eigenvalue weighted by Gasteiger charge is 2.51. The van der Waals surface area contributed by atoms with E-state index in [0.717, 1.165) is 18.2 Å². The first kappa shape index (κ1) is 13.0. The largest absolute Gasteiger partial charge is 0.326 e. The van der Waals surface area contributed by atoms with Crippen LogP contribution in [-0.4, -0.2) is 23.4 Å². The molecular weight excluding hydrogens is 256 g/mol. The molecule has 1 N–H and O–H groups in total. The molecule has 1 saturated heterocycles. The molecule has 1 aromatic rings. The van der Waals surface area contributed by atoms with Gasteiger partial charge in [0.2, 0.25) is 0 Å². The van der Waals surface area contributed by atoms with Gasteiger partial charge < -0.3 is 5.32 Å². The zero-order chi connectivity index (χ0) is 14.2. The standard InChI is InChI=1S/C12H9F2N3O2/c1-12(9-7(13)3-2-4-8(9)14)10(18)17(6-5-15)11(19)16-12/h2-4H,6H2,1H3,(H,16,19)/t12-/m0/s1. The van der Waals surface area contributed by atoms with Gasteiger partial charge in [-0.3, -0.25) is 4.79 Å². The Morgan fingerprint density at radius 1 is 1.37 bits per heavy atom. The van der Waals surface area contributed by atoms with Gasteiger partial charge in [0.25, 0.3) is 5.91 Å². The monoisotopic (exact) mass is 265 g/mol. The number of imide groups is 1. The number of hydrogen-bond acceptors (Lipinski definition) is 3. The summed E-state index contributed by atoms with van der Waals surface area (Å²) in [6, 6.07) is 3.95. The quantitative estimate of drug-likeness (QED) is 0.646. The van der Waals surface area contributed by atoms with Gasteiger partial charge in [-0.25, -0.2) is 18.5 Å². The molecule has 1 aliphatic rings. The lowest BCUT2D eigenvalue weighted by Gasteiger charge is -2.22. The SMILES string of the molecule is C[C@@]1(c2c(F)cccc2F)NC(=O)N(CC#N)C1=O. The molecule has 0 bridgehead atoms. The second kappa shape index (κ2) is 4.31. The van der Waals surface area contributed by atoms with Crippen LogP contribution in [0.15, 0.2) is 18.2 Å². The lowest BCUT2D eigenvalue weighted by molar-refractivity contribution is -0.130. The number of benzene rings is 1. The van der Waals surface area contributed by atoms with Gasteiger partial charge in [0, 0.05) is 0 Å². The average molecular weight is 265 g/mol. The van der Waals surface area contributed by atoms with E-state index in [1.807, 2.05) is 0 Å². The first-order chi connectivity index (χ1) is 8.91. The van der Waals surface area contributed by atoms with Gasteiger partial charge in [0.1, 0.15) is 23.7 Å². The zero-order valence-electron chi connectivity index (χ0n) is 9.91. The molecule has 1 aromatic carbocycles. The minimum Gasteiger partial charge on any atom is -0.319 e. The molecule has 0 aliphatic carbocycles. The Hall–Kier alpha value is -2.49. The summed E-state index contributed by atoms with van der Waals surface area (Å²) < 4.78 is 27.5. The van der Waals surface area contributed by atoms with Gasteiger partial charge in [-0.2, -0.15) is 5.26 Å². The third kappa shape index (κ3) is 1.81.